The second-order valence-corrected chi connectivity index (χ2v) is 7.14. The van der Waals surface area contributed by atoms with E-state index in [1.165, 1.54) is 25.7 Å². The lowest BCUT2D eigenvalue weighted by atomic mass is 9.87. The molecule has 0 bridgehead atoms. The van der Waals surface area contributed by atoms with E-state index in [1.54, 1.807) is 12.1 Å². The van der Waals surface area contributed by atoms with Gasteiger partial charge in [0.25, 0.3) is 0 Å². The molecule has 0 saturated heterocycles. The molecule has 2 nitrogen and oxygen atoms in total. The Bertz CT molecular complexity index is 456. The van der Waals surface area contributed by atoms with E-state index in [2.05, 4.69) is 28.2 Å². The van der Waals surface area contributed by atoms with Gasteiger partial charge in [-0.1, -0.05) is 43.0 Å². The maximum atomic E-state index is 6.11. The Labute approximate surface area is 139 Å². The van der Waals surface area contributed by atoms with Gasteiger partial charge in [-0.05, 0) is 40.8 Å². The van der Waals surface area contributed by atoms with Crippen LogP contribution < -0.4 is 10.1 Å². The first-order valence-corrected chi connectivity index (χ1v) is 8.62. The highest BCUT2D eigenvalue weighted by Crippen LogP contribution is 2.34. The standard InChI is InChI=1S/C15H20BrCl2NO/c1-10-3-2-4-11(7-10)19-5-6-20-15-9-13(17)12(16)8-14(15)18/h8-11,19H,2-7H2,1H3. The number of rotatable bonds is 5. The Hall–Kier alpha value is 0.0400. The van der Waals surface area contributed by atoms with Crippen LogP contribution in [0.25, 0.3) is 0 Å². The molecule has 0 heterocycles. The summed E-state index contributed by atoms with van der Waals surface area (Å²) in [5.41, 5.74) is 0. The fourth-order valence-electron chi connectivity index (χ4n) is 2.66. The van der Waals surface area contributed by atoms with Crippen molar-refractivity contribution in [1.82, 2.24) is 5.32 Å². The van der Waals surface area contributed by atoms with E-state index >= 15 is 0 Å². The fourth-order valence-corrected chi connectivity index (χ4v) is 3.51. The van der Waals surface area contributed by atoms with Gasteiger partial charge in [0.05, 0.1) is 10.0 Å². The normalized spacial score (nSPS) is 22.8. The van der Waals surface area contributed by atoms with E-state index in [9.17, 15) is 0 Å². The molecule has 0 radical (unpaired) electrons. The van der Waals surface area contributed by atoms with E-state index < -0.39 is 0 Å². The van der Waals surface area contributed by atoms with Gasteiger partial charge in [0.2, 0.25) is 0 Å². The topological polar surface area (TPSA) is 21.3 Å². The van der Waals surface area contributed by atoms with Crippen LogP contribution in [0.3, 0.4) is 0 Å². The van der Waals surface area contributed by atoms with Crippen LogP contribution in [0.15, 0.2) is 16.6 Å². The van der Waals surface area contributed by atoms with E-state index in [1.807, 2.05) is 0 Å². The highest BCUT2D eigenvalue weighted by molar-refractivity contribution is 9.10. The zero-order valence-electron chi connectivity index (χ0n) is 11.6. The Morgan fingerprint density at radius 2 is 2.10 bits per heavy atom. The van der Waals surface area contributed by atoms with E-state index in [-0.39, 0.29) is 0 Å². The zero-order valence-corrected chi connectivity index (χ0v) is 14.7. The Morgan fingerprint density at radius 3 is 2.85 bits per heavy atom. The third-order valence-corrected chi connectivity index (χ3v) is 5.20. The predicted molar refractivity (Wildman–Crippen MR) is 89.1 cm³/mol. The van der Waals surface area contributed by atoms with Crippen LogP contribution in [0.2, 0.25) is 10.0 Å². The second-order valence-electron chi connectivity index (χ2n) is 5.47. The van der Waals surface area contributed by atoms with Gasteiger partial charge in [-0.25, -0.2) is 0 Å². The average Bonchev–Trinajstić information content (AvgIpc) is 2.40. The Balaban J connectivity index is 1.74. The third kappa shape index (κ3) is 4.80. The van der Waals surface area contributed by atoms with E-state index in [0.717, 1.165) is 16.9 Å². The molecule has 1 aliphatic carbocycles. The lowest BCUT2D eigenvalue weighted by Gasteiger charge is -2.27. The van der Waals surface area contributed by atoms with Gasteiger partial charge >= 0.3 is 0 Å². The molecule has 0 aromatic heterocycles. The van der Waals surface area contributed by atoms with Crippen molar-refractivity contribution in [3.05, 3.63) is 26.7 Å². The summed E-state index contributed by atoms with van der Waals surface area (Å²) in [6, 6.07) is 4.14. The first-order chi connectivity index (χ1) is 9.56. The molecule has 0 amide bonds. The lowest BCUT2D eigenvalue weighted by Crippen LogP contribution is -2.36. The SMILES string of the molecule is CC1CCCC(NCCOc2cc(Cl)c(Br)cc2Cl)C1. The predicted octanol–water partition coefficient (Wildman–Crippen LogP) is 5.30. The Kier molecular flexibility index (Phi) is 6.47. The molecule has 0 spiro atoms. The monoisotopic (exact) mass is 379 g/mol. The third-order valence-electron chi connectivity index (χ3n) is 3.70. The fraction of sp³-hybridized carbons (Fsp3) is 0.600. The number of ether oxygens (including phenoxy) is 1. The summed E-state index contributed by atoms with van der Waals surface area (Å²) in [5, 5.41) is 4.74. The van der Waals surface area contributed by atoms with Crippen molar-refractivity contribution in [2.45, 2.75) is 38.6 Å². The van der Waals surface area contributed by atoms with Crippen LogP contribution >= 0.6 is 39.1 Å². The Morgan fingerprint density at radius 1 is 1.30 bits per heavy atom. The molecule has 20 heavy (non-hydrogen) atoms. The molecule has 2 unspecified atom stereocenters. The van der Waals surface area contributed by atoms with Crippen LogP contribution in [0.4, 0.5) is 0 Å². The van der Waals surface area contributed by atoms with Crippen molar-refractivity contribution < 1.29 is 4.74 Å². The van der Waals surface area contributed by atoms with Crippen molar-refractivity contribution in [2.75, 3.05) is 13.2 Å². The van der Waals surface area contributed by atoms with E-state index in [4.69, 9.17) is 27.9 Å². The highest BCUT2D eigenvalue weighted by atomic mass is 79.9. The molecule has 1 aromatic carbocycles. The van der Waals surface area contributed by atoms with Crippen molar-refractivity contribution in [3.8, 4) is 5.75 Å². The molecule has 2 atom stereocenters. The molecule has 1 N–H and O–H groups in total. The number of hydrogen-bond donors (Lipinski definition) is 1. The molecule has 1 aromatic rings. The first-order valence-electron chi connectivity index (χ1n) is 7.07. The average molecular weight is 381 g/mol. The number of nitrogens with one attached hydrogen (secondary N) is 1. The minimum absolute atomic E-state index is 0.576. The van der Waals surface area contributed by atoms with Gasteiger partial charge in [0.15, 0.2) is 0 Å². The van der Waals surface area contributed by atoms with Gasteiger partial charge in [0, 0.05) is 23.1 Å². The minimum Gasteiger partial charge on any atom is -0.491 e. The van der Waals surface area contributed by atoms with Gasteiger partial charge in [-0.3, -0.25) is 0 Å². The molecule has 5 heteroatoms. The largest absolute Gasteiger partial charge is 0.491 e. The number of benzene rings is 1. The van der Waals surface area contributed by atoms with Gasteiger partial charge < -0.3 is 10.1 Å². The summed E-state index contributed by atoms with van der Waals surface area (Å²) in [5.74, 6) is 1.47. The van der Waals surface area contributed by atoms with Crippen molar-refractivity contribution in [1.29, 1.82) is 0 Å². The first kappa shape index (κ1) is 16.4. The molecular weight excluding hydrogens is 361 g/mol. The number of halogens is 3. The molecule has 112 valence electrons. The number of hydrogen-bond acceptors (Lipinski definition) is 2. The lowest BCUT2D eigenvalue weighted by molar-refractivity contribution is 0.266. The van der Waals surface area contributed by atoms with Crippen LogP contribution in [-0.2, 0) is 0 Å². The summed E-state index contributed by atoms with van der Waals surface area (Å²) in [4.78, 5) is 0. The van der Waals surface area contributed by atoms with Gasteiger partial charge in [0.1, 0.15) is 12.4 Å². The zero-order chi connectivity index (χ0) is 14.5. The van der Waals surface area contributed by atoms with Gasteiger partial charge in [-0.2, -0.15) is 0 Å². The van der Waals surface area contributed by atoms with Gasteiger partial charge in [-0.15, -0.1) is 0 Å². The molecule has 0 aliphatic heterocycles. The van der Waals surface area contributed by atoms with Crippen LogP contribution in [-0.4, -0.2) is 19.2 Å². The van der Waals surface area contributed by atoms with Crippen LogP contribution in [0.5, 0.6) is 5.75 Å². The molecule has 1 aliphatic rings. The summed E-state index contributed by atoms with van der Waals surface area (Å²) in [7, 11) is 0. The summed E-state index contributed by atoms with van der Waals surface area (Å²) in [6.07, 6.45) is 5.23. The van der Waals surface area contributed by atoms with Crippen molar-refractivity contribution >= 4 is 39.1 Å². The highest BCUT2D eigenvalue weighted by Gasteiger charge is 2.17. The summed E-state index contributed by atoms with van der Waals surface area (Å²) >= 11 is 15.5. The van der Waals surface area contributed by atoms with Crippen molar-refractivity contribution in [2.24, 2.45) is 5.92 Å². The summed E-state index contributed by atoms with van der Waals surface area (Å²) < 4.78 is 6.47. The molecule has 1 fully saturated rings. The summed E-state index contributed by atoms with van der Waals surface area (Å²) in [6.45, 7) is 3.76. The van der Waals surface area contributed by atoms with Crippen molar-refractivity contribution in [3.63, 3.8) is 0 Å². The van der Waals surface area contributed by atoms with E-state index in [0.29, 0.717) is 28.4 Å². The molecule has 1 saturated carbocycles. The maximum absolute atomic E-state index is 6.11. The molecule has 2 rings (SSSR count). The maximum Gasteiger partial charge on any atom is 0.139 e. The second kappa shape index (κ2) is 7.88. The smallest absolute Gasteiger partial charge is 0.139 e. The minimum atomic E-state index is 0.576. The van der Waals surface area contributed by atoms with Crippen LogP contribution in [0, 0.1) is 5.92 Å². The molecular formula is C15H20BrCl2NO. The quantitative estimate of drug-likeness (QED) is 0.552. The van der Waals surface area contributed by atoms with Crippen LogP contribution in [0.1, 0.15) is 32.6 Å².